The van der Waals surface area contributed by atoms with Crippen molar-refractivity contribution in [2.75, 3.05) is 107 Å². The zero-order valence-corrected chi connectivity index (χ0v) is 50.0. The molecule has 4 amide bonds. The van der Waals surface area contributed by atoms with Gasteiger partial charge in [-0.3, -0.25) is 33.8 Å². The highest BCUT2D eigenvalue weighted by molar-refractivity contribution is 6.33. The molecule has 4 aliphatic rings. The van der Waals surface area contributed by atoms with Gasteiger partial charge in [0, 0.05) is 81.1 Å². The molecule has 12 rings (SSSR count). The number of aromatic amines is 1. The zero-order chi connectivity index (χ0) is 63.0. The molecule has 8 aromatic rings. The Balaban J connectivity index is 0.000000163. The minimum atomic E-state index is -1.18. The number of fused-ring (bicyclic) bond motifs is 2. The van der Waals surface area contributed by atoms with Gasteiger partial charge in [-0.2, -0.15) is 4.98 Å². The summed E-state index contributed by atoms with van der Waals surface area (Å²) in [7, 11) is 1.55. The number of amides is 4. The van der Waals surface area contributed by atoms with Crippen LogP contribution in [0.4, 0.5) is 31.5 Å². The van der Waals surface area contributed by atoms with Crippen molar-refractivity contribution in [2.45, 2.75) is 45.4 Å². The number of nitrogens with zero attached hydrogens (tertiary/aromatic N) is 9. The molecule has 2 aliphatic heterocycles. The van der Waals surface area contributed by atoms with Crippen molar-refractivity contribution in [3.8, 4) is 29.1 Å². The van der Waals surface area contributed by atoms with Gasteiger partial charge in [0.25, 0.3) is 11.8 Å². The lowest BCUT2D eigenvalue weighted by Crippen LogP contribution is -2.37. The summed E-state index contributed by atoms with van der Waals surface area (Å²) in [6.07, 6.45) is 9.11. The Bertz CT molecular complexity index is 3850. The number of methoxy groups -OCH3 is 1. The number of ether oxygens (including phenoxy) is 6. The number of aryl methyl sites for hydroxylation is 1. The first kappa shape index (κ1) is 63.6. The molecule has 2 saturated carbocycles. The molecule has 8 heterocycles. The van der Waals surface area contributed by atoms with Gasteiger partial charge in [-0.1, -0.05) is 11.6 Å². The van der Waals surface area contributed by atoms with E-state index in [1.807, 2.05) is 13.0 Å². The Morgan fingerprint density at radius 3 is 1.60 bits per heavy atom. The molecule has 470 valence electrons. The SMILES string of the molecule is COc1nc2c(Cl)ncnc2cc1OCCCN1CCOCC1.Cc1nc2c(Oc3ccc(NC(=O)C4(C(=O)Nc5ccc(F)cc5)CC4)cn3)ncnc2cc1OCCCN1CCOCC1.O=C(Nc1ccc(F)cc1)C1(C(=O)Nc2ccc(=O)[nH]c2)CC1. The van der Waals surface area contributed by atoms with Gasteiger partial charge >= 0.3 is 0 Å². The van der Waals surface area contributed by atoms with Gasteiger partial charge in [-0.05, 0) is 106 Å². The number of morpholine rings is 2. The van der Waals surface area contributed by atoms with E-state index >= 15 is 0 Å². The molecule has 90 heavy (non-hydrogen) atoms. The molecule has 4 fully saturated rings. The molecular weight excluding hydrogens is 1190 g/mol. The number of hydrogen-bond acceptors (Lipinski definition) is 20. The number of halogens is 3. The van der Waals surface area contributed by atoms with Gasteiger partial charge in [0.1, 0.15) is 46.4 Å². The van der Waals surface area contributed by atoms with E-state index in [1.54, 1.807) is 25.3 Å². The molecular formula is C62H65ClF2N14O11. The van der Waals surface area contributed by atoms with E-state index in [1.165, 1.54) is 85.7 Å². The van der Waals surface area contributed by atoms with Gasteiger partial charge < -0.3 is 54.7 Å². The van der Waals surface area contributed by atoms with Crippen molar-refractivity contribution in [3.63, 3.8) is 0 Å². The second-order valence-corrected chi connectivity index (χ2v) is 21.7. The van der Waals surface area contributed by atoms with Crippen molar-refractivity contribution >= 4 is 80.0 Å². The number of H-pyrrole nitrogens is 1. The standard InChI is InChI=1S/C31H32FN7O5.C16H14FN3O3.C15H19ClN4O3/c1-20-25(43-14-2-11-39-12-15-42-16-13-39)17-24-27(36-20)28(35-19-34-24)44-26-8-7-23(18-33-26)38-30(41)31(9-10-31)29(40)37-22-5-3-21(32)4-6-22;17-10-1-3-11(4-2-10)19-14(22)16(7-8-16)15(23)20-12-5-6-13(21)18-9-12;1-21-15-12(9-11-13(19-15)14(16)18-10-17-11)23-6-2-3-20-4-7-22-8-5-20/h3-8,17-19H,2,9-16H2,1H3,(H,37,40)(H,38,41);1-6,9H,7-8H2,(H,18,21)(H,19,22)(H,20,23);9-10H,2-8H2,1H3. The van der Waals surface area contributed by atoms with Gasteiger partial charge in [0.15, 0.2) is 16.4 Å². The first-order valence-corrected chi connectivity index (χ1v) is 29.5. The minimum absolute atomic E-state index is 0.232. The Kier molecular flexibility index (Phi) is 21.0. The summed E-state index contributed by atoms with van der Waals surface area (Å²) in [5.41, 5.74) is 1.95. The fourth-order valence-corrected chi connectivity index (χ4v) is 9.74. The Morgan fingerprint density at radius 2 is 1.09 bits per heavy atom. The van der Waals surface area contributed by atoms with E-state index in [0.29, 0.717) is 112 Å². The number of pyridine rings is 4. The summed E-state index contributed by atoms with van der Waals surface area (Å²) < 4.78 is 59.8. The van der Waals surface area contributed by atoms with E-state index < -0.39 is 46.1 Å². The van der Waals surface area contributed by atoms with Gasteiger partial charge in [0.2, 0.25) is 35.1 Å². The molecule has 6 aromatic heterocycles. The van der Waals surface area contributed by atoms with Crippen LogP contribution in [0.25, 0.3) is 22.1 Å². The Hall–Kier alpha value is -9.41. The number of carbonyl (C=O) groups is 4. The lowest BCUT2D eigenvalue weighted by molar-refractivity contribution is -0.132. The normalized spacial score (nSPS) is 15.6. The van der Waals surface area contributed by atoms with Crippen LogP contribution in [0.2, 0.25) is 5.15 Å². The Labute approximate surface area is 519 Å². The summed E-state index contributed by atoms with van der Waals surface area (Å²) in [5.74, 6) is -0.458. The van der Waals surface area contributed by atoms with Crippen molar-refractivity contribution < 1.29 is 56.4 Å². The molecule has 2 saturated heterocycles. The number of rotatable bonds is 21. The highest BCUT2D eigenvalue weighted by atomic mass is 35.5. The second-order valence-electron chi connectivity index (χ2n) is 21.4. The van der Waals surface area contributed by atoms with Gasteiger partial charge in [-0.25, -0.2) is 38.7 Å². The molecule has 25 nitrogen and oxygen atoms in total. The van der Waals surface area contributed by atoms with Crippen LogP contribution in [0.1, 0.15) is 44.2 Å². The number of benzene rings is 2. The first-order valence-electron chi connectivity index (χ1n) is 29.1. The molecule has 0 spiro atoms. The van der Waals surface area contributed by atoms with Crippen LogP contribution < -0.4 is 45.8 Å². The molecule has 0 bridgehead atoms. The number of carbonyl (C=O) groups excluding carboxylic acids is 4. The summed E-state index contributed by atoms with van der Waals surface area (Å²) in [4.78, 5) is 98.6. The lowest BCUT2D eigenvalue weighted by atomic mass is 10.0. The maximum atomic E-state index is 13.2. The van der Waals surface area contributed by atoms with Gasteiger partial charge in [-0.15, -0.1) is 0 Å². The van der Waals surface area contributed by atoms with Crippen molar-refractivity contribution in [1.82, 2.24) is 49.7 Å². The van der Waals surface area contributed by atoms with Crippen LogP contribution in [0, 0.1) is 29.4 Å². The molecule has 5 N–H and O–H groups in total. The highest BCUT2D eigenvalue weighted by Crippen LogP contribution is 2.48. The predicted molar refractivity (Wildman–Crippen MR) is 328 cm³/mol. The molecule has 0 unspecified atom stereocenters. The monoisotopic (exact) mass is 1250 g/mol. The second kappa shape index (κ2) is 29.7. The van der Waals surface area contributed by atoms with Crippen molar-refractivity contribution in [2.24, 2.45) is 10.8 Å². The average molecular weight is 1260 g/mol. The Morgan fingerprint density at radius 1 is 0.600 bits per heavy atom. The summed E-state index contributed by atoms with van der Waals surface area (Å²) in [6, 6.07) is 20.3. The van der Waals surface area contributed by atoms with Gasteiger partial charge in [0.05, 0.1) is 81.1 Å². The summed E-state index contributed by atoms with van der Waals surface area (Å²) >= 11 is 6.03. The van der Waals surface area contributed by atoms with Crippen LogP contribution in [0.3, 0.4) is 0 Å². The van der Waals surface area contributed by atoms with E-state index in [2.05, 4.69) is 70.9 Å². The molecule has 2 aromatic carbocycles. The van der Waals surface area contributed by atoms with Crippen LogP contribution in [-0.2, 0) is 28.7 Å². The summed E-state index contributed by atoms with van der Waals surface area (Å²) in [6.45, 7) is 12.0. The van der Waals surface area contributed by atoms with E-state index in [-0.39, 0.29) is 17.3 Å². The predicted octanol–water partition coefficient (Wildman–Crippen LogP) is 7.78. The summed E-state index contributed by atoms with van der Waals surface area (Å²) in [5, 5.41) is 11.0. The maximum absolute atomic E-state index is 13.2. The average Bonchev–Trinajstić information content (AvgIpc) is 1.66. The highest BCUT2D eigenvalue weighted by Gasteiger charge is 2.57. The number of anilines is 4. The van der Waals surface area contributed by atoms with Crippen molar-refractivity contribution in [1.29, 1.82) is 0 Å². The van der Waals surface area contributed by atoms with Crippen LogP contribution >= 0.6 is 11.6 Å². The quantitative estimate of drug-likeness (QED) is 0.0260. The molecule has 2 aliphatic carbocycles. The van der Waals surface area contributed by atoms with E-state index in [4.69, 9.17) is 40.0 Å². The van der Waals surface area contributed by atoms with Crippen LogP contribution in [0.5, 0.6) is 29.1 Å². The number of hydrogen-bond donors (Lipinski definition) is 5. The number of nitrogens with one attached hydrogen (secondary N) is 5. The lowest BCUT2D eigenvalue weighted by Gasteiger charge is -2.26. The smallest absolute Gasteiger partial charge is 0.257 e. The topological polar surface area (TPSA) is 301 Å². The fourth-order valence-electron chi connectivity index (χ4n) is 9.56. The number of aromatic nitrogens is 8. The van der Waals surface area contributed by atoms with Crippen molar-refractivity contribution in [3.05, 3.63) is 143 Å². The third kappa shape index (κ3) is 16.6. The van der Waals surface area contributed by atoms with Crippen LogP contribution in [-0.4, -0.2) is 159 Å². The molecule has 28 heteroatoms. The van der Waals surface area contributed by atoms with E-state index in [0.717, 1.165) is 78.5 Å². The maximum Gasteiger partial charge on any atom is 0.257 e. The minimum Gasteiger partial charge on any atom is -0.492 e. The fraction of sp³-hybridized carbons (Fsp3) is 0.355. The third-order valence-corrected chi connectivity index (χ3v) is 15.3. The van der Waals surface area contributed by atoms with Crippen LogP contribution in [0.15, 0.2) is 115 Å². The first-order chi connectivity index (χ1) is 43.7. The zero-order valence-electron chi connectivity index (χ0n) is 49.3. The third-order valence-electron chi connectivity index (χ3n) is 15.1. The molecule has 0 radical (unpaired) electrons. The molecule has 0 atom stereocenters. The largest absolute Gasteiger partial charge is 0.492 e. The van der Waals surface area contributed by atoms with E-state index in [9.17, 15) is 32.8 Å².